The SMILES string of the molecule is C[C@H](NC(=O)/C=C/C(=O)O)c1ccccc1F. The van der Waals surface area contributed by atoms with E-state index in [0.29, 0.717) is 5.56 Å². The van der Waals surface area contributed by atoms with Gasteiger partial charge in [-0.15, -0.1) is 0 Å². The molecule has 4 nitrogen and oxygen atoms in total. The Bertz CT molecular complexity index is 457. The van der Waals surface area contributed by atoms with Crippen LogP contribution in [-0.4, -0.2) is 17.0 Å². The quantitative estimate of drug-likeness (QED) is 0.782. The van der Waals surface area contributed by atoms with Crippen LogP contribution in [0.4, 0.5) is 4.39 Å². The molecule has 0 radical (unpaired) electrons. The van der Waals surface area contributed by atoms with Crippen LogP contribution in [0, 0.1) is 5.82 Å². The van der Waals surface area contributed by atoms with E-state index in [1.807, 2.05) is 0 Å². The summed E-state index contributed by atoms with van der Waals surface area (Å²) in [7, 11) is 0. The van der Waals surface area contributed by atoms with Crippen LogP contribution in [-0.2, 0) is 9.59 Å². The molecular formula is C12H12FNO3. The number of nitrogens with one attached hydrogen (secondary N) is 1. The molecule has 0 spiro atoms. The maximum atomic E-state index is 13.3. The summed E-state index contributed by atoms with van der Waals surface area (Å²) in [5.41, 5.74) is 0.351. The fourth-order valence-electron chi connectivity index (χ4n) is 1.31. The van der Waals surface area contributed by atoms with Crippen molar-refractivity contribution in [2.45, 2.75) is 13.0 Å². The summed E-state index contributed by atoms with van der Waals surface area (Å²) in [5.74, 6) is -2.20. The first-order valence-electron chi connectivity index (χ1n) is 4.96. The van der Waals surface area contributed by atoms with Gasteiger partial charge in [0.25, 0.3) is 0 Å². The molecule has 0 aliphatic heterocycles. The van der Waals surface area contributed by atoms with E-state index in [1.165, 1.54) is 6.07 Å². The lowest BCUT2D eigenvalue weighted by Crippen LogP contribution is -2.25. The maximum Gasteiger partial charge on any atom is 0.328 e. The summed E-state index contributed by atoms with van der Waals surface area (Å²) in [6.07, 6.45) is 1.61. The standard InChI is InChI=1S/C12H12FNO3/c1-8(9-4-2-3-5-10(9)13)14-11(15)6-7-12(16)17/h2-8H,1H3,(H,14,15)(H,16,17)/b7-6+/t8-/m0/s1. The highest BCUT2D eigenvalue weighted by atomic mass is 19.1. The summed E-state index contributed by atoms with van der Waals surface area (Å²) >= 11 is 0. The van der Waals surface area contributed by atoms with Crippen LogP contribution < -0.4 is 5.32 Å². The Morgan fingerprint density at radius 2 is 2.00 bits per heavy atom. The van der Waals surface area contributed by atoms with Crippen LogP contribution in [0.1, 0.15) is 18.5 Å². The molecule has 0 heterocycles. The van der Waals surface area contributed by atoms with Crippen LogP contribution in [0.3, 0.4) is 0 Å². The maximum absolute atomic E-state index is 13.3. The Morgan fingerprint density at radius 1 is 1.35 bits per heavy atom. The van der Waals surface area contributed by atoms with E-state index in [1.54, 1.807) is 25.1 Å². The number of halogens is 1. The fraction of sp³-hybridized carbons (Fsp3) is 0.167. The van der Waals surface area contributed by atoms with Gasteiger partial charge >= 0.3 is 5.97 Å². The van der Waals surface area contributed by atoms with E-state index < -0.39 is 23.7 Å². The molecule has 0 aliphatic carbocycles. The third kappa shape index (κ3) is 4.06. The second-order valence-electron chi connectivity index (χ2n) is 3.42. The molecule has 0 fully saturated rings. The zero-order valence-corrected chi connectivity index (χ0v) is 9.18. The summed E-state index contributed by atoms with van der Waals surface area (Å²) in [5, 5.41) is 10.8. The number of benzene rings is 1. The lowest BCUT2D eigenvalue weighted by Gasteiger charge is -2.13. The Kier molecular flexibility index (Phi) is 4.39. The van der Waals surface area contributed by atoms with Crippen LogP contribution >= 0.6 is 0 Å². The molecule has 0 unspecified atom stereocenters. The van der Waals surface area contributed by atoms with Crippen molar-refractivity contribution in [1.29, 1.82) is 0 Å². The summed E-state index contributed by atoms with van der Waals surface area (Å²) in [4.78, 5) is 21.4. The lowest BCUT2D eigenvalue weighted by molar-refractivity contribution is -0.131. The van der Waals surface area contributed by atoms with E-state index in [0.717, 1.165) is 12.2 Å². The molecule has 1 atom stereocenters. The fourth-order valence-corrected chi connectivity index (χ4v) is 1.31. The van der Waals surface area contributed by atoms with Gasteiger partial charge < -0.3 is 10.4 Å². The predicted octanol–water partition coefficient (Wildman–Crippen LogP) is 1.64. The minimum Gasteiger partial charge on any atom is -0.478 e. The zero-order chi connectivity index (χ0) is 12.8. The molecule has 5 heteroatoms. The number of carboxylic acid groups (broad SMARTS) is 1. The summed E-state index contributed by atoms with van der Waals surface area (Å²) in [6.45, 7) is 1.62. The largest absolute Gasteiger partial charge is 0.478 e. The van der Waals surface area contributed by atoms with Crippen LogP contribution in [0.2, 0.25) is 0 Å². The van der Waals surface area contributed by atoms with Gasteiger partial charge in [0.1, 0.15) is 5.82 Å². The monoisotopic (exact) mass is 237 g/mol. The molecule has 1 aromatic rings. The van der Waals surface area contributed by atoms with Crippen molar-refractivity contribution < 1.29 is 19.1 Å². The topological polar surface area (TPSA) is 66.4 Å². The van der Waals surface area contributed by atoms with Gasteiger partial charge in [0, 0.05) is 17.7 Å². The molecular weight excluding hydrogens is 225 g/mol. The Hall–Kier alpha value is -2.17. The number of carbonyl (C=O) groups is 2. The zero-order valence-electron chi connectivity index (χ0n) is 9.18. The van der Waals surface area contributed by atoms with Crippen LogP contribution in [0.5, 0.6) is 0 Å². The van der Waals surface area contributed by atoms with Crippen LogP contribution in [0.25, 0.3) is 0 Å². The predicted molar refractivity (Wildman–Crippen MR) is 59.7 cm³/mol. The molecule has 0 aromatic heterocycles. The highest BCUT2D eigenvalue weighted by molar-refractivity contribution is 5.94. The van der Waals surface area contributed by atoms with Gasteiger partial charge in [0.15, 0.2) is 0 Å². The van der Waals surface area contributed by atoms with Gasteiger partial charge in [-0.1, -0.05) is 18.2 Å². The van der Waals surface area contributed by atoms with Gasteiger partial charge in [-0.2, -0.15) is 0 Å². The van der Waals surface area contributed by atoms with Crippen molar-refractivity contribution in [1.82, 2.24) is 5.32 Å². The molecule has 0 aliphatic rings. The number of rotatable bonds is 4. The first kappa shape index (κ1) is 12.9. The number of amides is 1. The second kappa shape index (κ2) is 5.79. The number of carboxylic acids is 1. The number of carbonyl (C=O) groups excluding carboxylic acids is 1. The molecule has 0 bridgehead atoms. The highest BCUT2D eigenvalue weighted by Gasteiger charge is 2.11. The van der Waals surface area contributed by atoms with E-state index in [2.05, 4.69) is 5.32 Å². The summed E-state index contributed by atoms with van der Waals surface area (Å²) in [6, 6.07) is 5.54. The van der Waals surface area contributed by atoms with Gasteiger partial charge in [-0.3, -0.25) is 4.79 Å². The molecule has 90 valence electrons. The van der Waals surface area contributed by atoms with Crippen molar-refractivity contribution in [3.05, 3.63) is 47.8 Å². The Morgan fingerprint density at radius 3 is 2.59 bits per heavy atom. The lowest BCUT2D eigenvalue weighted by atomic mass is 10.1. The van der Waals surface area contributed by atoms with E-state index in [9.17, 15) is 14.0 Å². The van der Waals surface area contributed by atoms with E-state index in [-0.39, 0.29) is 0 Å². The average molecular weight is 237 g/mol. The first-order valence-corrected chi connectivity index (χ1v) is 4.96. The minimum absolute atomic E-state index is 0.351. The molecule has 1 amide bonds. The van der Waals surface area contributed by atoms with Gasteiger partial charge in [-0.25, -0.2) is 9.18 Å². The van der Waals surface area contributed by atoms with Crippen molar-refractivity contribution in [2.75, 3.05) is 0 Å². The first-order chi connectivity index (χ1) is 8.00. The Labute approximate surface area is 97.8 Å². The molecule has 0 saturated heterocycles. The van der Waals surface area contributed by atoms with Crippen LogP contribution in [0.15, 0.2) is 36.4 Å². The Balaban J connectivity index is 2.67. The average Bonchev–Trinajstić information content (AvgIpc) is 2.26. The molecule has 1 rings (SSSR count). The highest BCUT2D eigenvalue weighted by Crippen LogP contribution is 2.15. The number of hydrogen-bond acceptors (Lipinski definition) is 2. The second-order valence-corrected chi connectivity index (χ2v) is 3.42. The van der Waals surface area contributed by atoms with Gasteiger partial charge in [0.05, 0.1) is 6.04 Å². The number of aliphatic carboxylic acids is 1. The van der Waals surface area contributed by atoms with E-state index in [4.69, 9.17) is 5.11 Å². The van der Waals surface area contributed by atoms with Crippen molar-refractivity contribution in [3.63, 3.8) is 0 Å². The van der Waals surface area contributed by atoms with E-state index >= 15 is 0 Å². The molecule has 17 heavy (non-hydrogen) atoms. The van der Waals surface area contributed by atoms with Gasteiger partial charge in [-0.05, 0) is 13.0 Å². The minimum atomic E-state index is -1.21. The van der Waals surface area contributed by atoms with Crippen molar-refractivity contribution >= 4 is 11.9 Å². The molecule has 1 aromatic carbocycles. The van der Waals surface area contributed by atoms with Gasteiger partial charge in [0.2, 0.25) is 5.91 Å². The third-order valence-corrected chi connectivity index (χ3v) is 2.11. The summed E-state index contributed by atoms with van der Waals surface area (Å²) < 4.78 is 13.3. The van der Waals surface area contributed by atoms with Crippen molar-refractivity contribution in [3.8, 4) is 0 Å². The van der Waals surface area contributed by atoms with Crippen molar-refractivity contribution in [2.24, 2.45) is 0 Å². The third-order valence-electron chi connectivity index (χ3n) is 2.11. The molecule has 2 N–H and O–H groups in total. The normalized spacial score (nSPS) is 12.4. The molecule has 0 saturated carbocycles. The smallest absolute Gasteiger partial charge is 0.328 e. The number of hydrogen-bond donors (Lipinski definition) is 2.